The van der Waals surface area contributed by atoms with Crippen LogP contribution >= 0.6 is 0 Å². The second-order valence-electron chi connectivity index (χ2n) is 5.07. The molecule has 1 aliphatic carbocycles. The average Bonchev–Trinajstić information content (AvgIpc) is 2.41. The molecule has 0 amide bonds. The molecule has 0 unspecified atom stereocenters. The van der Waals surface area contributed by atoms with Crippen molar-refractivity contribution < 1.29 is 19.4 Å². The predicted molar refractivity (Wildman–Crippen MR) is 69.9 cm³/mol. The highest BCUT2D eigenvalue weighted by atomic mass is 16.5. The third-order valence-electron chi connectivity index (χ3n) is 3.63. The third kappa shape index (κ3) is 3.34. The van der Waals surface area contributed by atoms with E-state index in [0.29, 0.717) is 18.6 Å². The lowest BCUT2D eigenvalue weighted by molar-refractivity contribution is -0.154. The highest BCUT2D eigenvalue weighted by molar-refractivity contribution is 5.82. The first-order valence-corrected chi connectivity index (χ1v) is 6.59. The van der Waals surface area contributed by atoms with Crippen LogP contribution in [0.2, 0.25) is 0 Å². The summed E-state index contributed by atoms with van der Waals surface area (Å²) >= 11 is 0. The molecule has 1 aliphatic rings. The minimum atomic E-state index is -0.898. The minimum absolute atomic E-state index is 0.420. The highest BCUT2D eigenvalue weighted by Crippen LogP contribution is 2.31. The van der Waals surface area contributed by atoms with E-state index in [1.165, 1.54) is 0 Å². The first-order chi connectivity index (χ1) is 9.08. The Bertz CT molecular complexity index is 464. The SMILES string of the molecule is Cc1ccc(OC(=O)[C@@H]2CCCC[C@@H]2C(=O)O)cc1. The number of esters is 1. The quantitative estimate of drug-likeness (QED) is 0.672. The fourth-order valence-electron chi connectivity index (χ4n) is 2.51. The van der Waals surface area contributed by atoms with Gasteiger partial charge >= 0.3 is 11.9 Å². The van der Waals surface area contributed by atoms with E-state index >= 15 is 0 Å². The first-order valence-electron chi connectivity index (χ1n) is 6.59. The Kier molecular flexibility index (Phi) is 4.20. The molecule has 1 N–H and O–H groups in total. The number of benzene rings is 1. The summed E-state index contributed by atoms with van der Waals surface area (Å²) in [7, 11) is 0. The molecule has 0 aromatic heterocycles. The van der Waals surface area contributed by atoms with E-state index in [4.69, 9.17) is 9.84 Å². The molecule has 19 heavy (non-hydrogen) atoms. The maximum Gasteiger partial charge on any atom is 0.315 e. The molecule has 2 atom stereocenters. The molecule has 102 valence electrons. The lowest BCUT2D eigenvalue weighted by Crippen LogP contribution is -2.35. The molecule has 2 rings (SSSR count). The largest absolute Gasteiger partial charge is 0.481 e. The van der Waals surface area contributed by atoms with Crippen molar-refractivity contribution in [3.05, 3.63) is 29.8 Å². The Labute approximate surface area is 112 Å². The molecule has 1 aromatic rings. The van der Waals surface area contributed by atoms with Crippen molar-refractivity contribution in [3.8, 4) is 5.75 Å². The summed E-state index contributed by atoms with van der Waals surface area (Å²) in [6, 6.07) is 7.17. The maximum atomic E-state index is 12.1. The van der Waals surface area contributed by atoms with E-state index in [1.54, 1.807) is 12.1 Å². The summed E-state index contributed by atoms with van der Waals surface area (Å²) in [6.45, 7) is 1.95. The minimum Gasteiger partial charge on any atom is -0.481 e. The van der Waals surface area contributed by atoms with Crippen LogP contribution in [-0.4, -0.2) is 17.0 Å². The molecule has 1 fully saturated rings. The van der Waals surface area contributed by atoms with Gasteiger partial charge in [0, 0.05) is 0 Å². The van der Waals surface area contributed by atoms with Crippen LogP contribution in [0.5, 0.6) is 5.75 Å². The number of hydrogen-bond donors (Lipinski definition) is 1. The molecule has 1 aromatic carbocycles. The zero-order chi connectivity index (χ0) is 13.8. The fraction of sp³-hybridized carbons (Fsp3) is 0.467. The standard InChI is InChI=1S/C15H18O4/c1-10-6-8-11(9-7-10)19-15(18)13-5-3-2-4-12(13)14(16)17/h6-9,12-13H,2-5H2,1H3,(H,16,17)/t12-,13+/m0/s1. The van der Waals surface area contributed by atoms with Gasteiger partial charge in [-0.2, -0.15) is 0 Å². The van der Waals surface area contributed by atoms with Crippen LogP contribution in [0.25, 0.3) is 0 Å². The molecular weight excluding hydrogens is 244 g/mol. The van der Waals surface area contributed by atoms with E-state index in [9.17, 15) is 9.59 Å². The van der Waals surface area contributed by atoms with E-state index in [1.807, 2.05) is 19.1 Å². The van der Waals surface area contributed by atoms with Crippen LogP contribution < -0.4 is 4.74 Å². The lowest BCUT2D eigenvalue weighted by Gasteiger charge is -2.26. The molecule has 0 saturated heterocycles. The van der Waals surface area contributed by atoms with Gasteiger partial charge in [0.1, 0.15) is 5.75 Å². The molecule has 0 aliphatic heterocycles. The van der Waals surface area contributed by atoms with Gasteiger partial charge in [0.15, 0.2) is 0 Å². The molecule has 0 spiro atoms. The third-order valence-corrected chi connectivity index (χ3v) is 3.63. The summed E-state index contributed by atoms with van der Waals surface area (Å²) < 4.78 is 5.29. The maximum absolute atomic E-state index is 12.1. The van der Waals surface area contributed by atoms with Crippen molar-refractivity contribution in [1.29, 1.82) is 0 Å². The van der Waals surface area contributed by atoms with Gasteiger partial charge in [0.05, 0.1) is 11.8 Å². The van der Waals surface area contributed by atoms with E-state index in [2.05, 4.69) is 0 Å². The molecule has 1 saturated carbocycles. The number of aliphatic carboxylic acids is 1. The van der Waals surface area contributed by atoms with Crippen molar-refractivity contribution in [1.82, 2.24) is 0 Å². The molecule has 4 heteroatoms. The summed E-state index contributed by atoms with van der Waals surface area (Å²) in [5, 5.41) is 9.15. The molecule has 0 radical (unpaired) electrons. The number of carbonyl (C=O) groups excluding carboxylic acids is 1. The summed E-state index contributed by atoms with van der Waals surface area (Å²) in [4.78, 5) is 23.2. The summed E-state index contributed by atoms with van der Waals surface area (Å²) in [5.41, 5.74) is 1.08. The molecule has 0 heterocycles. The van der Waals surface area contributed by atoms with Crippen LogP contribution in [-0.2, 0) is 9.59 Å². The number of aryl methyl sites for hydroxylation is 1. The van der Waals surface area contributed by atoms with E-state index < -0.39 is 23.8 Å². The lowest BCUT2D eigenvalue weighted by atomic mass is 9.79. The Morgan fingerprint density at radius 1 is 1.11 bits per heavy atom. The summed E-state index contributed by atoms with van der Waals surface area (Å²) in [5.74, 6) is -1.97. The number of carboxylic acids is 1. The zero-order valence-electron chi connectivity index (χ0n) is 11.0. The van der Waals surface area contributed by atoms with Crippen LogP contribution in [0.15, 0.2) is 24.3 Å². The van der Waals surface area contributed by atoms with Crippen molar-refractivity contribution >= 4 is 11.9 Å². The van der Waals surface area contributed by atoms with E-state index in [0.717, 1.165) is 18.4 Å². The van der Waals surface area contributed by atoms with Crippen LogP contribution in [0, 0.1) is 18.8 Å². The monoisotopic (exact) mass is 262 g/mol. The predicted octanol–water partition coefficient (Wildman–Crippen LogP) is 2.79. The van der Waals surface area contributed by atoms with Gasteiger partial charge in [0.2, 0.25) is 0 Å². The van der Waals surface area contributed by atoms with Crippen molar-refractivity contribution in [3.63, 3.8) is 0 Å². The average molecular weight is 262 g/mol. The summed E-state index contributed by atoms with van der Waals surface area (Å²) in [6.07, 6.45) is 2.91. The first kappa shape index (κ1) is 13.6. The zero-order valence-corrected chi connectivity index (χ0v) is 11.0. The Morgan fingerprint density at radius 3 is 2.26 bits per heavy atom. The smallest absolute Gasteiger partial charge is 0.315 e. The van der Waals surface area contributed by atoms with Crippen LogP contribution in [0.4, 0.5) is 0 Å². The number of carboxylic acid groups (broad SMARTS) is 1. The number of ether oxygens (including phenoxy) is 1. The number of hydrogen-bond acceptors (Lipinski definition) is 3. The van der Waals surface area contributed by atoms with Crippen molar-refractivity contribution in [2.24, 2.45) is 11.8 Å². The van der Waals surface area contributed by atoms with Gasteiger partial charge < -0.3 is 9.84 Å². The van der Waals surface area contributed by atoms with E-state index in [-0.39, 0.29) is 0 Å². The van der Waals surface area contributed by atoms with Crippen molar-refractivity contribution in [2.75, 3.05) is 0 Å². The Hall–Kier alpha value is -1.84. The second kappa shape index (κ2) is 5.87. The Balaban J connectivity index is 2.05. The van der Waals surface area contributed by atoms with Gasteiger partial charge in [-0.3, -0.25) is 9.59 Å². The van der Waals surface area contributed by atoms with Crippen LogP contribution in [0.3, 0.4) is 0 Å². The van der Waals surface area contributed by atoms with Gasteiger partial charge in [0.25, 0.3) is 0 Å². The number of rotatable bonds is 3. The van der Waals surface area contributed by atoms with Gasteiger partial charge in [-0.25, -0.2) is 0 Å². The molecule has 4 nitrogen and oxygen atoms in total. The highest BCUT2D eigenvalue weighted by Gasteiger charge is 2.36. The Morgan fingerprint density at radius 2 is 1.68 bits per heavy atom. The van der Waals surface area contributed by atoms with Gasteiger partial charge in [-0.1, -0.05) is 30.5 Å². The molecular formula is C15H18O4. The van der Waals surface area contributed by atoms with Crippen LogP contribution in [0.1, 0.15) is 31.2 Å². The normalized spacial score (nSPS) is 22.8. The van der Waals surface area contributed by atoms with Gasteiger partial charge in [-0.05, 0) is 31.9 Å². The fourth-order valence-corrected chi connectivity index (χ4v) is 2.51. The van der Waals surface area contributed by atoms with Gasteiger partial charge in [-0.15, -0.1) is 0 Å². The number of carbonyl (C=O) groups is 2. The van der Waals surface area contributed by atoms with Crippen molar-refractivity contribution in [2.45, 2.75) is 32.6 Å². The second-order valence-corrected chi connectivity index (χ2v) is 5.07. The molecule has 0 bridgehead atoms. The topological polar surface area (TPSA) is 63.6 Å².